The molecular weight excluding hydrogens is 480 g/mol. The van der Waals surface area contributed by atoms with E-state index in [1.165, 1.54) is 0 Å². The Morgan fingerprint density at radius 2 is 0.947 bits per heavy atom. The van der Waals surface area contributed by atoms with Gasteiger partial charge in [0.15, 0.2) is 0 Å². The van der Waals surface area contributed by atoms with Crippen molar-refractivity contribution in [2.24, 2.45) is 0 Å². The van der Waals surface area contributed by atoms with Crippen molar-refractivity contribution in [3.63, 3.8) is 0 Å². The zero-order chi connectivity index (χ0) is 28.5. The molecular formula is C30H42N4O4. The van der Waals surface area contributed by atoms with Crippen LogP contribution >= 0.6 is 0 Å². The predicted octanol–water partition coefficient (Wildman–Crippen LogP) is 5.43. The van der Waals surface area contributed by atoms with Gasteiger partial charge in [-0.25, -0.2) is 9.97 Å². The van der Waals surface area contributed by atoms with Gasteiger partial charge in [0.25, 0.3) is 11.8 Å². The molecule has 8 heteroatoms. The first-order valence-electron chi connectivity index (χ1n) is 12.9. The van der Waals surface area contributed by atoms with Crippen LogP contribution < -0.4 is 10.6 Å². The zero-order valence-electron chi connectivity index (χ0n) is 24.4. The molecule has 2 aromatic heterocycles. The summed E-state index contributed by atoms with van der Waals surface area (Å²) in [6, 6.07) is 11.0. The number of carbonyl (C=O) groups is 2. The van der Waals surface area contributed by atoms with Crippen molar-refractivity contribution in [3.8, 4) is 0 Å². The number of rotatable bonds is 10. The molecule has 206 valence electrons. The number of aromatic nitrogens is 2. The van der Waals surface area contributed by atoms with Gasteiger partial charge in [0.05, 0.1) is 22.2 Å². The van der Waals surface area contributed by atoms with E-state index < -0.39 is 22.3 Å². The molecule has 3 rings (SSSR count). The number of hydrogen-bond acceptors (Lipinski definition) is 6. The molecule has 0 aliphatic rings. The summed E-state index contributed by atoms with van der Waals surface area (Å²) in [4.78, 5) is 35.7. The van der Waals surface area contributed by atoms with Crippen molar-refractivity contribution in [2.45, 2.75) is 90.5 Å². The molecule has 38 heavy (non-hydrogen) atoms. The Morgan fingerprint density at radius 3 is 1.26 bits per heavy atom. The number of amides is 2. The van der Waals surface area contributed by atoms with Gasteiger partial charge in [-0.1, -0.05) is 24.3 Å². The van der Waals surface area contributed by atoms with Crippen molar-refractivity contribution in [2.75, 3.05) is 14.2 Å². The van der Waals surface area contributed by atoms with Gasteiger partial charge in [0.2, 0.25) is 0 Å². The van der Waals surface area contributed by atoms with Crippen LogP contribution in [-0.4, -0.2) is 58.3 Å². The van der Waals surface area contributed by atoms with Gasteiger partial charge in [0, 0.05) is 36.1 Å². The van der Waals surface area contributed by atoms with Crippen LogP contribution in [0.1, 0.15) is 89.2 Å². The van der Waals surface area contributed by atoms with Crippen LogP contribution in [0.15, 0.2) is 36.4 Å². The molecule has 0 atom stereocenters. The second-order valence-electron chi connectivity index (χ2n) is 12.6. The van der Waals surface area contributed by atoms with Crippen LogP contribution in [-0.2, 0) is 9.47 Å². The molecule has 0 fully saturated rings. The number of ether oxygens (including phenoxy) is 2. The van der Waals surface area contributed by atoms with E-state index in [-0.39, 0.29) is 23.2 Å². The Bertz CT molecular complexity index is 1240. The molecule has 0 aliphatic heterocycles. The van der Waals surface area contributed by atoms with E-state index in [2.05, 4.69) is 20.6 Å². The number of pyridine rings is 2. The van der Waals surface area contributed by atoms with Gasteiger partial charge < -0.3 is 20.1 Å². The quantitative estimate of drug-likeness (QED) is 0.344. The van der Waals surface area contributed by atoms with Gasteiger partial charge >= 0.3 is 0 Å². The second kappa shape index (κ2) is 10.6. The molecule has 2 amide bonds. The number of carbonyl (C=O) groups excluding carboxylic acids is 2. The lowest BCUT2D eigenvalue weighted by molar-refractivity contribution is -0.00358. The minimum absolute atomic E-state index is 0.280. The molecule has 0 spiro atoms. The Balaban J connectivity index is 1.93. The Kier molecular flexibility index (Phi) is 8.20. The normalized spacial score (nSPS) is 13.1. The van der Waals surface area contributed by atoms with E-state index in [1.807, 2.05) is 79.7 Å². The molecule has 3 aromatic rings. The molecule has 0 saturated heterocycles. The molecule has 0 bridgehead atoms. The molecule has 2 heterocycles. The molecule has 0 unspecified atom stereocenters. The maximum absolute atomic E-state index is 13.2. The third kappa shape index (κ3) is 7.26. The van der Waals surface area contributed by atoms with Crippen molar-refractivity contribution in [1.29, 1.82) is 0 Å². The van der Waals surface area contributed by atoms with Crippen LogP contribution in [0.25, 0.3) is 21.8 Å². The van der Waals surface area contributed by atoms with E-state index in [4.69, 9.17) is 9.47 Å². The zero-order valence-corrected chi connectivity index (χ0v) is 24.4. The smallest absolute Gasteiger partial charge is 0.270 e. The van der Waals surface area contributed by atoms with Crippen LogP contribution in [0.4, 0.5) is 0 Å². The van der Waals surface area contributed by atoms with Crippen LogP contribution in [0.2, 0.25) is 0 Å². The Hall–Kier alpha value is -3.10. The first-order chi connectivity index (χ1) is 17.5. The standard InChI is InChI=1S/C30H42N4O4/c1-27(2,17-29(5,6)37-9)33-25(35)21-15-13-19-11-12-20-14-16-22(32-24(20)23(19)31-21)26(36)34-28(3,4)18-30(7,8)38-10/h11-16H,17-18H2,1-10H3,(H,33,35)(H,34,36). The third-order valence-electron chi connectivity index (χ3n) is 6.73. The van der Waals surface area contributed by atoms with E-state index in [9.17, 15) is 9.59 Å². The first kappa shape index (κ1) is 29.5. The number of hydrogen-bond donors (Lipinski definition) is 2. The first-order valence-corrected chi connectivity index (χ1v) is 12.9. The van der Waals surface area contributed by atoms with E-state index >= 15 is 0 Å². The third-order valence-corrected chi connectivity index (χ3v) is 6.73. The molecule has 2 N–H and O–H groups in total. The lowest BCUT2D eigenvalue weighted by Crippen LogP contribution is -2.48. The van der Waals surface area contributed by atoms with Crippen molar-refractivity contribution >= 4 is 33.6 Å². The monoisotopic (exact) mass is 522 g/mol. The van der Waals surface area contributed by atoms with E-state index in [0.29, 0.717) is 23.9 Å². The van der Waals surface area contributed by atoms with Gasteiger partial charge in [-0.05, 0) is 80.4 Å². The van der Waals surface area contributed by atoms with Crippen LogP contribution in [0, 0.1) is 0 Å². The fourth-order valence-electron chi connectivity index (χ4n) is 5.12. The lowest BCUT2D eigenvalue weighted by Gasteiger charge is -2.34. The summed E-state index contributed by atoms with van der Waals surface area (Å²) in [5.41, 5.74) is -0.101. The average molecular weight is 523 g/mol. The molecule has 8 nitrogen and oxygen atoms in total. The van der Waals surface area contributed by atoms with Gasteiger partial charge in [-0.15, -0.1) is 0 Å². The van der Waals surface area contributed by atoms with Crippen LogP contribution in [0.5, 0.6) is 0 Å². The number of fused-ring (bicyclic) bond motifs is 3. The summed E-state index contributed by atoms with van der Waals surface area (Å²) in [5, 5.41) is 7.83. The second-order valence-corrected chi connectivity index (χ2v) is 12.6. The highest BCUT2D eigenvalue weighted by molar-refractivity contribution is 6.06. The number of methoxy groups -OCH3 is 2. The summed E-state index contributed by atoms with van der Waals surface area (Å²) in [7, 11) is 3.33. The summed E-state index contributed by atoms with van der Waals surface area (Å²) < 4.78 is 11.1. The highest BCUT2D eigenvalue weighted by Gasteiger charge is 2.32. The molecule has 1 aromatic carbocycles. The molecule has 0 saturated carbocycles. The summed E-state index contributed by atoms with van der Waals surface area (Å²) in [6.45, 7) is 15.8. The fourth-order valence-corrected chi connectivity index (χ4v) is 5.12. The summed E-state index contributed by atoms with van der Waals surface area (Å²) in [5.74, 6) is -0.561. The summed E-state index contributed by atoms with van der Waals surface area (Å²) >= 11 is 0. The van der Waals surface area contributed by atoms with Crippen molar-refractivity contribution in [3.05, 3.63) is 47.8 Å². The van der Waals surface area contributed by atoms with Crippen molar-refractivity contribution in [1.82, 2.24) is 20.6 Å². The average Bonchev–Trinajstić information content (AvgIpc) is 2.81. The fraction of sp³-hybridized carbons (Fsp3) is 0.533. The number of benzene rings is 1. The maximum Gasteiger partial charge on any atom is 0.270 e. The SMILES string of the molecule is COC(C)(C)CC(C)(C)NC(=O)c1ccc2ccc3ccc(C(=O)NC(C)(C)CC(C)(C)OC)nc3c2n1. The van der Waals surface area contributed by atoms with E-state index in [0.717, 1.165) is 10.8 Å². The minimum atomic E-state index is -0.514. The van der Waals surface area contributed by atoms with Gasteiger partial charge in [-0.2, -0.15) is 0 Å². The highest BCUT2D eigenvalue weighted by Crippen LogP contribution is 2.26. The van der Waals surface area contributed by atoms with Gasteiger partial charge in [-0.3, -0.25) is 9.59 Å². The predicted molar refractivity (Wildman–Crippen MR) is 152 cm³/mol. The minimum Gasteiger partial charge on any atom is -0.379 e. The number of nitrogens with zero attached hydrogens (tertiary/aromatic N) is 2. The van der Waals surface area contributed by atoms with Crippen molar-refractivity contribution < 1.29 is 19.1 Å². The lowest BCUT2D eigenvalue weighted by atomic mass is 9.89. The van der Waals surface area contributed by atoms with Crippen LogP contribution in [0.3, 0.4) is 0 Å². The number of nitrogens with one attached hydrogen (secondary N) is 2. The molecule has 0 aliphatic carbocycles. The summed E-state index contributed by atoms with van der Waals surface area (Å²) in [6.07, 6.45) is 1.24. The topological polar surface area (TPSA) is 102 Å². The van der Waals surface area contributed by atoms with Gasteiger partial charge in [0.1, 0.15) is 11.4 Å². The Morgan fingerprint density at radius 1 is 0.632 bits per heavy atom. The van der Waals surface area contributed by atoms with E-state index in [1.54, 1.807) is 26.4 Å². The molecule has 0 radical (unpaired) electrons. The Labute approximate surface area is 225 Å². The maximum atomic E-state index is 13.2. The highest BCUT2D eigenvalue weighted by atomic mass is 16.5. The largest absolute Gasteiger partial charge is 0.379 e.